The molecule has 0 aromatic carbocycles. The molecule has 1 amide bonds. The molecule has 1 aromatic heterocycles. The molecule has 1 aliphatic heterocycles. The van der Waals surface area contributed by atoms with E-state index in [0.29, 0.717) is 18.7 Å². The summed E-state index contributed by atoms with van der Waals surface area (Å²) < 4.78 is 0. The van der Waals surface area contributed by atoms with E-state index in [2.05, 4.69) is 4.98 Å². The molecule has 2 heterocycles. The highest BCUT2D eigenvalue weighted by molar-refractivity contribution is 5.96. The molecule has 1 saturated heterocycles. The fraction of sp³-hybridized carbons (Fsp3) is 0.333. The molecule has 0 radical (unpaired) electrons. The summed E-state index contributed by atoms with van der Waals surface area (Å²) in [5, 5.41) is 8.75. The maximum atomic E-state index is 11.6. The Balaban J connectivity index is 2.10. The first-order valence-electron chi connectivity index (χ1n) is 4.37. The SMILES string of the molecule is O=C(O)C1CCN1C(=O)c1ccc[nH]1. The average molecular weight is 194 g/mol. The molecule has 1 fully saturated rings. The quantitative estimate of drug-likeness (QED) is 0.711. The minimum atomic E-state index is -0.934. The molecule has 1 aliphatic rings. The fourth-order valence-corrected chi connectivity index (χ4v) is 1.51. The third-order valence-electron chi connectivity index (χ3n) is 2.39. The van der Waals surface area contributed by atoms with Crippen molar-refractivity contribution < 1.29 is 14.7 Å². The van der Waals surface area contributed by atoms with Crippen molar-refractivity contribution >= 4 is 11.9 Å². The number of H-pyrrole nitrogens is 1. The topological polar surface area (TPSA) is 73.4 Å². The summed E-state index contributed by atoms with van der Waals surface area (Å²) in [5.74, 6) is -1.18. The summed E-state index contributed by atoms with van der Waals surface area (Å²) in [4.78, 5) is 26.4. The molecule has 5 nitrogen and oxygen atoms in total. The Bertz CT molecular complexity index is 358. The van der Waals surface area contributed by atoms with Gasteiger partial charge in [0.1, 0.15) is 11.7 Å². The number of aromatic nitrogens is 1. The molecule has 1 atom stereocenters. The minimum Gasteiger partial charge on any atom is -0.480 e. The number of aliphatic carboxylic acids is 1. The summed E-state index contributed by atoms with van der Waals surface area (Å²) in [6, 6.07) is 2.70. The van der Waals surface area contributed by atoms with Gasteiger partial charge < -0.3 is 15.0 Å². The molecule has 0 aliphatic carbocycles. The van der Waals surface area contributed by atoms with E-state index in [0.717, 1.165) is 0 Å². The number of nitrogens with one attached hydrogen (secondary N) is 1. The number of rotatable bonds is 2. The number of carboxylic acid groups (broad SMARTS) is 1. The number of hydrogen-bond donors (Lipinski definition) is 2. The van der Waals surface area contributed by atoms with Crippen LogP contribution >= 0.6 is 0 Å². The fourth-order valence-electron chi connectivity index (χ4n) is 1.51. The molecule has 1 aromatic rings. The third kappa shape index (κ3) is 1.26. The predicted octanol–water partition coefficient (Wildman–Crippen LogP) is 0.314. The van der Waals surface area contributed by atoms with Crippen LogP contribution in [0.2, 0.25) is 0 Å². The van der Waals surface area contributed by atoms with Gasteiger partial charge in [0.15, 0.2) is 0 Å². The molecule has 0 bridgehead atoms. The summed E-state index contributed by atoms with van der Waals surface area (Å²) in [7, 11) is 0. The molecule has 2 rings (SSSR count). The Labute approximate surface area is 80.3 Å². The average Bonchev–Trinajstić information content (AvgIpc) is 2.51. The number of aromatic amines is 1. The lowest BCUT2D eigenvalue weighted by Gasteiger charge is -2.37. The van der Waals surface area contributed by atoms with Gasteiger partial charge in [-0.05, 0) is 18.6 Å². The lowest BCUT2D eigenvalue weighted by Crippen LogP contribution is -2.55. The molecule has 5 heteroatoms. The molecule has 14 heavy (non-hydrogen) atoms. The zero-order valence-corrected chi connectivity index (χ0v) is 7.43. The predicted molar refractivity (Wildman–Crippen MR) is 47.9 cm³/mol. The highest BCUT2D eigenvalue weighted by Crippen LogP contribution is 2.19. The van der Waals surface area contributed by atoms with Crippen LogP contribution in [-0.4, -0.2) is 39.5 Å². The Hall–Kier alpha value is -1.78. The first-order valence-corrected chi connectivity index (χ1v) is 4.37. The number of amides is 1. The third-order valence-corrected chi connectivity index (χ3v) is 2.39. The van der Waals surface area contributed by atoms with Crippen molar-refractivity contribution in [2.45, 2.75) is 12.5 Å². The summed E-state index contributed by atoms with van der Waals surface area (Å²) in [5.41, 5.74) is 0.441. The van der Waals surface area contributed by atoms with Crippen LogP contribution in [0.25, 0.3) is 0 Å². The normalized spacial score (nSPS) is 20.3. The van der Waals surface area contributed by atoms with Gasteiger partial charge in [-0.2, -0.15) is 0 Å². The molecule has 0 saturated carbocycles. The van der Waals surface area contributed by atoms with Gasteiger partial charge in [-0.1, -0.05) is 0 Å². The number of likely N-dealkylation sites (tertiary alicyclic amines) is 1. The number of carbonyl (C=O) groups is 2. The number of nitrogens with zero attached hydrogens (tertiary/aromatic N) is 1. The molecule has 1 unspecified atom stereocenters. The van der Waals surface area contributed by atoms with E-state index in [1.165, 1.54) is 4.90 Å². The minimum absolute atomic E-state index is 0.242. The number of carbonyl (C=O) groups excluding carboxylic acids is 1. The first kappa shape index (κ1) is 8.80. The van der Waals surface area contributed by atoms with Crippen LogP contribution in [0, 0.1) is 0 Å². The Morgan fingerprint density at radius 2 is 2.36 bits per heavy atom. The van der Waals surface area contributed by atoms with E-state index >= 15 is 0 Å². The van der Waals surface area contributed by atoms with E-state index < -0.39 is 12.0 Å². The Kier molecular flexibility index (Phi) is 1.99. The van der Waals surface area contributed by atoms with Gasteiger partial charge in [0.05, 0.1) is 0 Å². The Morgan fingerprint density at radius 3 is 2.79 bits per heavy atom. The highest BCUT2D eigenvalue weighted by atomic mass is 16.4. The molecular weight excluding hydrogens is 184 g/mol. The van der Waals surface area contributed by atoms with Crippen LogP contribution in [0.5, 0.6) is 0 Å². The van der Waals surface area contributed by atoms with E-state index in [-0.39, 0.29) is 5.91 Å². The van der Waals surface area contributed by atoms with Crippen molar-refractivity contribution in [2.24, 2.45) is 0 Å². The zero-order valence-electron chi connectivity index (χ0n) is 7.43. The van der Waals surface area contributed by atoms with E-state index in [1.807, 2.05) is 0 Å². The second-order valence-electron chi connectivity index (χ2n) is 3.23. The van der Waals surface area contributed by atoms with Gasteiger partial charge in [-0.15, -0.1) is 0 Å². The second-order valence-corrected chi connectivity index (χ2v) is 3.23. The number of carboxylic acids is 1. The molecule has 2 N–H and O–H groups in total. The van der Waals surface area contributed by atoms with Crippen LogP contribution in [0.4, 0.5) is 0 Å². The largest absolute Gasteiger partial charge is 0.480 e. The van der Waals surface area contributed by atoms with Gasteiger partial charge in [0.25, 0.3) is 5.91 Å². The van der Waals surface area contributed by atoms with Crippen molar-refractivity contribution in [3.63, 3.8) is 0 Å². The highest BCUT2D eigenvalue weighted by Gasteiger charge is 2.38. The lowest BCUT2D eigenvalue weighted by molar-refractivity contribution is -0.146. The molecule has 74 valence electrons. The van der Waals surface area contributed by atoms with E-state index in [4.69, 9.17) is 5.11 Å². The van der Waals surface area contributed by atoms with Gasteiger partial charge in [0, 0.05) is 12.7 Å². The number of hydrogen-bond acceptors (Lipinski definition) is 2. The molecular formula is C9H10N2O3. The summed E-state index contributed by atoms with van der Waals surface area (Å²) in [6.07, 6.45) is 2.19. The van der Waals surface area contributed by atoms with Crippen LogP contribution in [-0.2, 0) is 4.79 Å². The van der Waals surface area contributed by atoms with Crippen molar-refractivity contribution in [3.05, 3.63) is 24.0 Å². The maximum Gasteiger partial charge on any atom is 0.326 e. The summed E-state index contributed by atoms with van der Waals surface area (Å²) >= 11 is 0. The van der Waals surface area contributed by atoms with Crippen LogP contribution < -0.4 is 0 Å². The molecule has 0 spiro atoms. The lowest BCUT2D eigenvalue weighted by atomic mass is 10.0. The first-order chi connectivity index (χ1) is 6.70. The zero-order chi connectivity index (χ0) is 10.1. The maximum absolute atomic E-state index is 11.6. The van der Waals surface area contributed by atoms with Gasteiger partial charge in [-0.3, -0.25) is 4.79 Å². The Morgan fingerprint density at radius 1 is 1.57 bits per heavy atom. The summed E-state index contributed by atoms with van der Waals surface area (Å²) in [6.45, 7) is 0.523. The van der Waals surface area contributed by atoms with Gasteiger partial charge in [-0.25, -0.2) is 4.79 Å². The van der Waals surface area contributed by atoms with Crippen LogP contribution in [0.15, 0.2) is 18.3 Å². The van der Waals surface area contributed by atoms with Crippen LogP contribution in [0.3, 0.4) is 0 Å². The van der Waals surface area contributed by atoms with Gasteiger partial charge >= 0.3 is 5.97 Å². The standard InChI is InChI=1S/C9H10N2O3/c12-8(6-2-1-4-10-6)11-5-3-7(11)9(13)14/h1-2,4,7,10H,3,5H2,(H,13,14). The van der Waals surface area contributed by atoms with E-state index in [1.54, 1.807) is 18.3 Å². The second kappa shape index (κ2) is 3.17. The monoisotopic (exact) mass is 194 g/mol. The van der Waals surface area contributed by atoms with Gasteiger partial charge in [0.2, 0.25) is 0 Å². The van der Waals surface area contributed by atoms with Crippen molar-refractivity contribution in [1.29, 1.82) is 0 Å². The van der Waals surface area contributed by atoms with Crippen molar-refractivity contribution in [1.82, 2.24) is 9.88 Å². The van der Waals surface area contributed by atoms with Crippen molar-refractivity contribution in [3.8, 4) is 0 Å². The smallest absolute Gasteiger partial charge is 0.326 e. The van der Waals surface area contributed by atoms with Crippen molar-refractivity contribution in [2.75, 3.05) is 6.54 Å². The van der Waals surface area contributed by atoms with Crippen LogP contribution in [0.1, 0.15) is 16.9 Å². The van der Waals surface area contributed by atoms with E-state index in [9.17, 15) is 9.59 Å².